The van der Waals surface area contributed by atoms with Gasteiger partial charge in [0.1, 0.15) is 0 Å². The molecular formula is C21H44N4O3. The highest BCUT2D eigenvalue weighted by Gasteiger charge is 2.33. The smallest absolute Gasteiger partial charge is 0.191 e. The molecule has 1 heterocycles. The van der Waals surface area contributed by atoms with Crippen molar-refractivity contribution in [1.82, 2.24) is 15.5 Å². The molecule has 2 N–H and O–H groups in total. The molecule has 0 radical (unpaired) electrons. The van der Waals surface area contributed by atoms with E-state index < -0.39 is 0 Å². The first-order valence-electron chi connectivity index (χ1n) is 11.0. The summed E-state index contributed by atoms with van der Waals surface area (Å²) in [5.41, 5.74) is -0.0129. The second-order valence-electron chi connectivity index (χ2n) is 8.17. The van der Waals surface area contributed by atoms with Crippen molar-refractivity contribution in [1.29, 1.82) is 0 Å². The monoisotopic (exact) mass is 400 g/mol. The third-order valence-corrected chi connectivity index (χ3v) is 4.80. The predicted octanol–water partition coefficient (Wildman–Crippen LogP) is 2.26. The predicted molar refractivity (Wildman–Crippen MR) is 116 cm³/mol. The van der Waals surface area contributed by atoms with E-state index in [2.05, 4.69) is 57.1 Å². The van der Waals surface area contributed by atoms with Gasteiger partial charge in [-0.15, -0.1) is 0 Å². The maximum atomic E-state index is 5.86. The Kier molecular flexibility index (Phi) is 12.7. The van der Waals surface area contributed by atoms with Crippen LogP contribution in [-0.2, 0) is 14.2 Å². The Labute approximate surface area is 172 Å². The highest BCUT2D eigenvalue weighted by Crippen LogP contribution is 2.21. The molecule has 0 aromatic heterocycles. The van der Waals surface area contributed by atoms with Crippen molar-refractivity contribution < 1.29 is 14.2 Å². The molecule has 0 spiro atoms. The standard InChI is InChI=1S/C21H44N4O3/c1-7-9-11-26-13-14-27-12-10-23-20(22-8-2)24-17-21(5,6)25-15-18(3)28-19(4)16-25/h18-19H,7-17H2,1-6H3,(H2,22,23,24). The molecule has 1 rings (SSSR count). The number of aliphatic imine (C=N–C) groups is 1. The van der Waals surface area contributed by atoms with Gasteiger partial charge in [-0.05, 0) is 41.0 Å². The summed E-state index contributed by atoms with van der Waals surface area (Å²) >= 11 is 0. The van der Waals surface area contributed by atoms with Crippen LogP contribution >= 0.6 is 0 Å². The third-order valence-electron chi connectivity index (χ3n) is 4.80. The highest BCUT2D eigenvalue weighted by atomic mass is 16.5. The summed E-state index contributed by atoms with van der Waals surface area (Å²) in [6.07, 6.45) is 2.81. The van der Waals surface area contributed by atoms with Crippen LogP contribution in [0.2, 0.25) is 0 Å². The molecule has 7 nitrogen and oxygen atoms in total. The van der Waals surface area contributed by atoms with Crippen molar-refractivity contribution in [2.75, 3.05) is 59.2 Å². The maximum absolute atomic E-state index is 5.86. The number of ether oxygens (including phenoxy) is 3. The molecule has 0 aliphatic carbocycles. The van der Waals surface area contributed by atoms with Crippen molar-refractivity contribution in [3.05, 3.63) is 0 Å². The van der Waals surface area contributed by atoms with Crippen LogP contribution in [0.5, 0.6) is 0 Å². The fourth-order valence-corrected chi connectivity index (χ4v) is 3.20. The van der Waals surface area contributed by atoms with Gasteiger partial charge in [-0.3, -0.25) is 9.89 Å². The van der Waals surface area contributed by atoms with Crippen LogP contribution in [0, 0.1) is 0 Å². The van der Waals surface area contributed by atoms with Gasteiger partial charge in [-0.2, -0.15) is 0 Å². The number of rotatable bonds is 13. The van der Waals surface area contributed by atoms with Gasteiger partial charge in [-0.1, -0.05) is 13.3 Å². The van der Waals surface area contributed by atoms with E-state index in [1.807, 2.05) is 0 Å². The van der Waals surface area contributed by atoms with Gasteiger partial charge in [0, 0.05) is 38.3 Å². The summed E-state index contributed by atoms with van der Waals surface area (Å²) in [4.78, 5) is 7.30. The SMILES string of the molecule is CCCCOCCOCCNC(=NCC(C)(C)N1CC(C)OC(C)C1)NCC. The summed E-state index contributed by atoms with van der Waals surface area (Å²) < 4.78 is 17.0. The molecule has 166 valence electrons. The number of guanidine groups is 1. The fraction of sp³-hybridized carbons (Fsp3) is 0.952. The van der Waals surface area contributed by atoms with E-state index >= 15 is 0 Å². The Morgan fingerprint density at radius 1 is 1.04 bits per heavy atom. The van der Waals surface area contributed by atoms with Gasteiger partial charge < -0.3 is 24.8 Å². The minimum absolute atomic E-state index is 0.0129. The lowest BCUT2D eigenvalue weighted by Crippen LogP contribution is -2.56. The number of unbranched alkanes of at least 4 members (excludes halogenated alkanes) is 1. The molecule has 0 bridgehead atoms. The Morgan fingerprint density at radius 3 is 2.29 bits per heavy atom. The average Bonchev–Trinajstić information content (AvgIpc) is 2.64. The topological polar surface area (TPSA) is 67.4 Å². The highest BCUT2D eigenvalue weighted by molar-refractivity contribution is 5.79. The molecule has 0 aromatic rings. The molecule has 0 saturated carbocycles. The zero-order chi connectivity index (χ0) is 20.8. The average molecular weight is 401 g/mol. The van der Waals surface area contributed by atoms with Crippen LogP contribution in [0.4, 0.5) is 0 Å². The summed E-state index contributed by atoms with van der Waals surface area (Å²) in [7, 11) is 0. The first-order valence-corrected chi connectivity index (χ1v) is 11.0. The first-order chi connectivity index (χ1) is 13.4. The Balaban J connectivity index is 2.33. The Morgan fingerprint density at radius 2 is 1.68 bits per heavy atom. The van der Waals surface area contributed by atoms with Crippen molar-refractivity contribution >= 4 is 5.96 Å². The molecule has 28 heavy (non-hydrogen) atoms. The molecule has 1 aliphatic heterocycles. The van der Waals surface area contributed by atoms with Crippen LogP contribution < -0.4 is 10.6 Å². The molecule has 1 saturated heterocycles. The number of nitrogens with one attached hydrogen (secondary N) is 2. The molecule has 1 fully saturated rings. The van der Waals surface area contributed by atoms with Gasteiger partial charge >= 0.3 is 0 Å². The van der Waals surface area contributed by atoms with Crippen LogP contribution in [0.1, 0.15) is 54.4 Å². The van der Waals surface area contributed by atoms with Crippen molar-refractivity contribution in [2.45, 2.75) is 72.1 Å². The molecule has 0 amide bonds. The number of morpholine rings is 1. The van der Waals surface area contributed by atoms with E-state index in [1.165, 1.54) is 0 Å². The van der Waals surface area contributed by atoms with E-state index in [0.29, 0.717) is 19.8 Å². The minimum atomic E-state index is -0.0129. The van der Waals surface area contributed by atoms with Crippen molar-refractivity contribution in [3.8, 4) is 0 Å². The number of nitrogens with zero attached hydrogens (tertiary/aromatic N) is 2. The Hall–Kier alpha value is -0.890. The van der Waals surface area contributed by atoms with Crippen LogP contribution in [-0.4, -0.2) is 87.8 Å². The van der Waals surface area contributed by atoms with Gasteiger partial charge in [0.05, 0.1) is 38.6 Å². The number of hydrogen-bond donors (Lipinski definition) is 2. The number of hydrogen-bond acceptors (Lipinski definition) is 5. The molecule has 2 unspecified atom stereocenters. The molecule has 2 atom stereocenters. The quantitative estimate of drug-likeness (QED) is 0.281. The maximum Gasteiger partial charge on any atom is 0.191 e. The lowest BCUT2D eigenvalue weighted by molar-refractivity contribution is -0.0939. The Bertz CT molecular complexity index is 422. The summed E-state index contributed by atoms with van der Waals surface area (Å²) in [6.45, 7) is 20.0. The third kappa shape index (κ3) is 10.6. The van der Waals surface area contributed by atoms with Crippen LogP contribution in [0.3, 0.4) is 0 Å². The zero-order valence-corrected chi connectivity index (χ0v) is 19.1. The minimum Gasteiger partial charge on any atom is -0.379 e. The molecule has 0 aromatic carbocycles. The summed E-state index contributed by atoms with van der Waals surface area (Å²) in [5, 5.41) is 6.67. The van der Waals surface area contributed by atoms with Gasteiger partial charge in [0.2, 0.25) is 0 Å². The summed E-state index contributed by atoms with van der Waals surface area (Å²) in [5.74, 6) is 0.840. The van der Waals surface area contributed by atoms with E-state index in [-0.39, 0.29) is 17.7 Å². The van der Waals surface area contributed by atoms with E-state index in [1.54, 1.807) is 0 Å². The molecule has 1 aliphatic rings. The largest absolute Gasteiger partial charge is 0.379 e. The van der Waals surface area contributed by atoms with Gasteiger partial charge in [0.25, 0.3) is 0 Å². The van der Waals surface area contributed by atoms with E-state index in [9.17, 15) is 0 Å². The van der Waals surface area contributed by atoms with Gasteiger partial charge in [-0.25, -0.2) is 0 Å². The lowest BCUT2D eigenvalue weighted by atomic mass is 10.0. The second-order valence-corrected chi connectivity index (χ2v) is 8.17. The van der Waals surface area contributed by atoms with E-state index in [0.717, 1.165) is 58.1 Å². The van der Waals surface area contributed by atoms with Crippen molar-refractivity contribution in [3.63, 3.8) is 0 Å². The van der Waals surface area contributed by atoms with Crippen LogP contribution in [0.25, 0.3) is 0 Å². The van der Waals surface area contributed by atoms with E-state index in [4.69, 9.17) is 19.2 Å². The normalized spacial score (nSPS) is 21.7. The fourth-order valence-electron chi connectivity index (χ4n) is 3.20. The lowest BCUT2D eigenvalue weighted by Gasteiger charge is -2.44. The van der Waals surface area contributed by atoms with Gasteiger partial charge in [0.15, 0.2) is 5.96 Å². The van der Waals surface area contributed by atoms with Crippen molar-refractivity contribution in [2.24, 2.45) is 4.99 Å². The van der Waals surface area contributed by atoms with Crippen LogP contribution in [0.15, 0.2) is 4.99 Å². The zero-order valence-electron chi connectivity index (χ0n) is 19.1. The molecular weight excluding hydrogens is 356 g/mol. The summed E-state index contributed by atoms with van der Waals surface area (Å²) in [6, 6.07) is 0. The first kappa shape index (κ1) is 25.1. The second kappa shape index (κ2) is 14.1. The molecule has 7 heteroatoms.